The molecule has 0 aromatic rings. The lowest BCUT2D eigenvalue weighted by Crippen LogP contribution is -2.47. The van der Waals surface area contributed by atoms with Gasteiger partial charge in [-0.05, 0) is 6.92 Å². The number of urea groups is 1. The van der Waals surface area contributed by atoms with Crippen molar-refractivity contribution in [1.82, 2.24) is 10.2 Å². The second kappa shape index (κ2) is 6.51. The fraction of sp³-hybridized carbons (Fsp3) is 0.500. The zero-order valence-electron chi connectivity index (χ0n) is 9.77. The summed E-state index contributed by atoms with van der Waals surface area (Å²) < 4.78 is 0. The summed E-state index contributed by atoms with van der Waals surface area (Å²) in [5.41, 5.74) is 0.729. The van der Waals surface area contributed by atoms with Crippen LogP contribution in [0.4, 0.5) is 4.79 Å². The molecule has 0 aliphatic rings. The number of carbonyl (C=O) groups excluding carboxylic acids is 1. The molecule has 0 unspecified atom stereocenters. The Morgan fingerprint density at radius 2 is 1.88 bits per heavy atom. The van der Waals surface area contributed by atoms with E-state index in [1.807, 2.05) is 0 Å². The van der Waals surface area contributed by atoms with Gasteiger partial charge in [0.15, 0.2) is 0 Å². The Bertz CT molecular complexity index is 340. The van der Waals surface area contributed by atoms with E-state index in [1.54, 1.807) is 6.92 Å². The van der Waals surface area contributed by atoms with Crippen LogP contribution in [0.1, 0.15) is 13.3 Å². The molecule has 96 valence electrons. The number of aliphatic carboxylic acids is 2. The van der Waals surface area contributed by atoms with Crippen molar-refractivity contribution in [3.05, 3.63) is 12.2 Å². The van der Waals surface area contributed by atoms with Gasteiger partial charge in [-0.25, -0.2) is 9.59 Å². The fourth-order valence-corrected chi connectivity index (χ4v) is 1.11. The molecule has 0 saturated heterocycles. The van der Waals surface area contributed by atoms with Crippen molar-refractivity contribution in [3.63, 3.8) is 0 Å². The molecule has 0 saturated carbocycles. The summed E-state index contributed by atoms with van der Waals surface area (Å²) in [6, 6.07) is -2.09. The van der Waals surface area contributed by atoms with Crippen molar-refractivity contribution in [2.45, 2.75) is 19.4 Å². The summed E-state index contributed by atoms with van der Waals surface area (Å²) in [6.07, 6.45) is -0.665. The molecular weight excluding hydrogens is 228 g/mol. The van der Waals surface area contributed by atoms with E-state index in [1.165, 1.54) is 11.9 Å². The van der Waals surface area contributed by atoms with Crippen LogP contribution in [-0.2, 0) is 9.59 Å². The van der Waals surface area contributed by atoms with Crippen molar-refractivity contribution in [2.75, 3.05) is 13.6 Å². The normalized spacial score (nSPS) is 11.4. The molecule has 1 atom stereocenters. The van der Waals surface area contributed by atoms with Gasteiger partial charge in [0.05, 0.1) is 6.42 Å². The molecule has 0 spiro atoms. The molecule has 0 fully saturated rings. The van der Waals surface area contributed by atoms with Crippen LogP contribution in [0.5, 0.6) is 0 Å². The predicted molar refractivity (Wildman–Crippen MR) is 59.7 cm³/mol. The van der Waals surface area contributed by atoms with E-state index in [2.05, 4.69) is 11.9 Å². The molecular formula is C10H16N2O5. The Hall–Kier alpha value is -2.05. The zero-order chi connectivity index (χ0) is 13.6. The Kier molecular flexibility index (Phi) is 5.73. The van der Waals surface area contributed by atoms with Crippen molar-refractivity contribution in [3.8, 4) is 0 Å². The van der Waals surface area contributed by atoms with Crippen LogP contribution >= 0.6 is 0 Å². The summed E-state index contributed by atoms with van der Waals surface area (Å²) in [5, 5.41) is 19.3. The lowest BCUT2D eigenvalue weighted by molar-refractivity contribution is -0.145. The van der Waals surface area contributed by atoms with Gasteiger partial charge in [-0.3, -0.25) is 4.79 Å². The van der Waals surface area contributed by atoms with E-state index in [4.69, 9.17) is 10.2 Å². The van der Waals surface area contributed by atoms with E-state index < -0.39 is 30.4 Å². The topological polar surface area (TPSA) is 107 Å². The summed E-state index contributed by atoms with van der Waals surface area (Å²) in [4.78, 5) is 33.8. The lowest BCUT2D eigenvalue weighted by atomic mass is 10.2. The highest BCUT2D eigenvalue weighted by Gasteiger charge is 2.24. The average Bonchev–Trinajstić information content (AvgIpc) is 2.14. The first-order valence-corrected chi connectivity index (χ1v) is 4.84. The van der Waals surface area contributed by atoms with Crippen LogP contribution in [0, 0.1) is 0 Å². The standard InChI is InChI=1S/C10H16N2O5/c1-6(2)5-12(3)10(17)11-7(9(15)16)4-8(13)14/h7H,1,4-5H2,2-3H3,(H,11,17)(H,13,14)(H,15,16)/t7-/m0/s1. The van der Waals surface area contributed by atoms with E-state index in [0.29, 0.717) is 0 Å². The van der Waals surface area contributed by atoms with Crippen LogP contribution in [-0.4, -0.2) is 52.7 Å². The molecule has 0 aromatic heterocycles. The maximum Gasteiger partial charge on any atom is 0.326 e. The van der Waals surface area contributed by atoms with Crippen molar-refractivity contribution in [1.29, 1.82) is 0 Å². The smallest absolute Gasteiger partial charge is 0.326 e. The molecule has 0 heterocycles. The van der Waals surface area contributed by atoms with Gasteiger partial charge in [0.2, 0.25) is 0 Å². The monoisotopic (exact) mass is 244 g/mol. The second-order valence-corrected chi connectivity index (χ2v) is 3.75. The average molecular weight is 244 g/mol. The first kappa shape index (κ1) is 14.9. The number of hydrogen-bond acceptors (Lipinski definition) is 3. The third kappa shape index (κ3) is 6.18. The molecule has 0 bridgehead atoms. The van der Waals surface area contributed by atoms with Crippen molar-refractivity contribution >= 4 is 18.0 Å². The molecule has 3 N–H and O–H groups in total. The molecule has 0 aliphatic heterocycles. The Labute approximate surface area is 98.7 Å². The van der Waals surface area contributed by atoms with Crippen molar-refractivity contribution < 1.29 is 24.6 Å². The van der Waals surface area contributed by atoms with Gasteiger partial charge in [0.1, 0.15) is 6.04 Å². The van der Waals surface area contributed by atoms with Gasteiger partial charge in [-0.1, -0.05) is 12.2 Å². The summed E-state index contributed by atoms with van der Waals surface area (Å²) in [6.45, 7) is 5.60. The van der Waals surface area contributed by atoms with Crippen LogP contribution < -0.4 is 5.32 Å². The SMILES string of the molecule is C=C(C)CN(C)C(=O)N[C@@H](CC(=O)O)C(=O)O. The summed E-state index contributed by atoms with van der Waals surface area (Å²) in [5.74, 6) is -2.68. The molecule has 7 heteroatoms. The van der Waals surface area contributed by atoms with Gasteiger partial charge >= 0.3 is 18.0 Å². The maximum absolute atomic E-state index is 11.5. The number of hydrogen-bond donors (Lipinski definition) is 3. The molecule has 0 rings (SSSR count). The Morgan fingerprint density at radius 1 is 1.35 bits per heavy atom. The first-order chi connectivity index (χ1) is 7.73. The number of carboxylic acid groups (broad SMARTS) is 2. The van der Waals surface area contributed by atoms with Crippen molar-refractivity contribution in [2.24, 2.45) is 0 Å². The lowest BCUT2D eigenvalue weighted by Gasteiger charge is -2.20. The molecule has 0 radical (unpaired) electrons. The minimum atomic E-state index is -1.44. The zero-order valence-corrected chi connectivity index (χ0v) is 9.77. The van der Waals surface area contributed by atoms with Crippen LogP contribution in [0.25, 0.3) is 0 Å². The van der Waals surface area contributed by atoms with Gasteiger partial charge < -0.3 is 20.4 Å². The first-order valence-electron chi connectivity index (χ1n) is 4.84. The van der Waals surface area contributed by atoms with Crippen LogP contribution in [0.15, 0.2) is 12.2 Å². The van der Waals surface area contributed by atoms with Gasteiger partial charge in [-0.15, -0.1) is 0 Å². The van der Waals surface area contributed by atoms with E-state index in [9.17, 15) is 14.4 Å². The molecule has 17 heavy (non-hydrogen) atoms. The number of rotatable bonds is 6. The van der Waals surface area contributed by atoms with Crippen LogP contribution in [0.2, 0.25) is 0 Å². The summed E-state index contributed by atoms with van der Waals surface area (Å²) >= 11 is 0. The third-order valence-electron chi connectivity index (χ3n) is 1.83. The highest BCUT2D eigenvalue weighted by molar-refractivity contribution is 5.86. The van der Waals surface area contributed by atoms with Crippen LogP contribution in [0.3, 0.4) is 0 Å². The number of nitrogens with zero attached hydrogens (tertiary/aromatic N) is 1. The molecule has 0 aromatic carbocycles. The van der Waals surface area contributed by atoms with Gasteiger partial charge in [0, 0.05) is 13.6 Å². The predicted octanol–water partition coefficient (Wildman–Crippen LogP) is 0.132. The van der Waals surface area contributed by atoms with E-state index in [-0.39, 0.29) is 6.54 Å². The fourth-order valence-electron chi connectivity index (χ4n) is 1.11. The van der Waals surface area contributed by atoms with Gasteiger partial charge in [-0.2, -0.15) is 0 Å². The quantitative estimate of drug-likeness (QED) is 0.576. The second-order valence-electron chi connectivity index (χ2n) is 3.75. The number of amides is 2. The number of carbonyl (C=O) groups is 3. The van der Waals surface area contributed by atoms with E-state index >= 15 is 0 Å². The Morgan fingerprint density at radius 3 is 2.24 bits per heavy atom. The maximum atomic E-state index is 11.5. The number of carboxylic acids is 2. The Balaban J connectivity index is 4.44. The van der Waals surface area contributed by atoms with E-state index in [0.717, 1.165) is 5.57 Å². The minimum absolute atomic E-state index is 0.269. The highest BCUT2D eigenvalue weighted by atomic mass is 16.4. The molecule has 2 amide bonds. The summed E-state index contributed by atoms with van der Waals surface area (Å²) in [7, 11) is 1.46. The highest BCUT2D eigenvalue weighted by Crippen LogP contribution is 1.97. The molecule has 0 aliphatic carbocycles. The number of likely N-dealkylation sites (N-methyl/N-ethyl adjacent to an activating group) is 1. The number of nitrogens with one attached hydrogen (secondary N) is 1. The molecule has 7 nitrogen and oxygen atoms in total. The minimum Gasteiger partial charge on any atom is -0.481 e. The largest absolute Gasteiger partial charge is 0.481 e. The third-order valence-corrected chi connectivity index (χ3v) is 1.83. The van der Waals surface area contributed by atoms with Gasteiger partial charge in [0.25, 0.3) is 0 Å².